The smallest absolute Gasteiger partial charge is 0.234 e. The van der Waals surface area contributed by atoms with Gasteiger partial charge >= 0.3 is 0 Å². The molecule has 0 N–H and O–H groups in total. The lowest BCUT2D eigenvalue weighted by Gasteiger charge is -2.26. The van der Waals surface area contributed by atoms with E-state index in [0.29, 0.717) is 13.0 Å². The summed E-state index contributed by atoms with van der Waals surface area (Å²) in [7, 11) is 0. The summed E-state index contributed by atoms with van der Waals surface area (Å²) in [6.07, 6.45) is 0.588. The van der Waals surface area contributed by atoms with Crippen molar-refractivity contribution in [2.24, 2.45) is 0 Å². The predicted molar refractivity (Wildman–Crippen MR) is 68.8 cm³/mol. The number of hydrogen-bond donors (Lipinski definition) is 0. The van der Waals surface area contributed by atoms with E-state index in [4.69, 9.17) is 4.74 Å². The van der Waals surface area contributed by atoms with Gasteiger partial charge in [0.15, 0.2) is 0 Å². The van der Waals surface area contributed by atoms with Crippen LogP contribution in [-0.4, -0.2) is 24.3 Å². The highest BCUT2D eigenvalue weighted by Gasteiger charge is 2.24. The molecule has 1 saturated heterocycles. The molecule has 1 aromatic carbocycles. The number of carbonyl (C=O) groups is 2. The third-order valence-corrected chi connectivity index (χ3v) is 2.78. The molecule has 0 saturated carbocycles. The lowest BCUT2D eigenvalue weighted by Crippen LogP contribution is -2.38. The van der Waals surface area contributed by atoms with E-state index in [1.807, 2.05) is 38.1 Å². The standard InChI is InChI=1S/C14H17NO3/c1-10(2)18-13-5-3-11(4-6-13)15-8-7-12(16)9-14(15)17/h3-6,10H,7-9H2,1-2H3. The molecule has 1 heterocycles. The van der Waals surface area contributed by atoms with E-state index in [9.17, 15) is 9.59 Å². The van der Waals surface area contributed by atoms with Crippen LogP contribution in [0, 0.1) is 0 Å². The zero-order valence-corrected chi connectivity index (χ0v) is 10.7. The summed E-state index contributed by atoms with van der Waals surface area (Å²) < 4.78 is 5.54. The summed E-state index contributed by atoms with van der Waals surface area (Å²) in [5.74, 6) is 0.689. The molecule has 0 spiro atoms. The van der Waals surface area contributed by atoms with Crippen LogP contribution in [0.5, 0.6) is 5.75 Å². The van der Waals surface area contributed by atoms with Gasteiger partial charge in [0, 0.05) is 18.7 Å². The van der Waals surface area contributed by atoms with Crippen LogP contribution in [0.1, 0.15) is 26.7 Å². The summed E-state index contributed by atoms with van der Waals surface area (Å²) in [6.45, 7) is 4.41. The number of hydrogen-bond acceptors (Lipinski definition) is 3. The van der Waals surface area contributed by atoms with Gasteiger partial charge in [0.25, 0.3) is 0 Å². The van der Waals surface area contributed by atoms with Gasteiger partial charge in [-0.25, -0.2) is 0 Å². The monoisotopic (exact) mass is 247 g/mol. The van der Waals surface area contributed by atoms with E-state index in [0.717, 1.165) is 11.4 Å². The van der Waals surface area contributed by atoms with Gasteiger partial charge in [-0.05, 0) is 38.1 Å². The number of carbonyl (C=O) groups excluding carboxylic acids is 2. The Morgan fingerprint density at radius 3 is 2.39 bits per heavy atom. The molecule has 4 heteroatoms. The number of rotatable bonds is 3. The first kappa shape index (κ1) is 12.6. The van der Waals surface area contributed by atoms with E-state index in [1.165, 1.54) is 0 Å². The van der Waals surface area contributed by atoms with Crippen molar-refractivity contribution in [3.63, 3.8) is 0 Å². The summed E-state index contributed by atoms with van der Waals surface area (Å²) in [5, 5.41) is 0. The number of amides is 1. The van der Waals surface area contributed by atoms with Crippen LogP contribution in [0.3, 0.4) is 0 Å². The Morgan fingerprint density at radius 1 is 1.17 bits per heavy atom. The zero-order valence-electron chi connectivity index (χ0n) is 10.7. The summed E-state index contributed by atoms with van der Waals surface area (Å²) in [4.78, 5) is 24.6. The molecule has 18 heavy (non-hydrogen) atoms. The van der Waals surface area contributed by atoms with Gasteiger partial charge in [0.05, 0.1) is 12.5 Å². The highest BCUT2D eigenvalue weighted by atomic mass is 16.5. The van der Waals surface area contributed by atoms with E-state index in [-0.39, 0.29) is 24.2 Å². The van der Waals surface area contributed by atoms with Crippen LogP contribution in [0.2, 0.25) is 0 Å². The maximum Gasteiger partial charge on any atom is 0.234 e. The minimum atomic E-state index is -0.122. The molecule has 1 fully saturated rings. The minimum Gasteiger partial charge on any atom is -0.491 e. The normalized spacial score (nSPS) is 16.3. The lowest BCUT2D eigenvalue weighted by molar-refractivity contribution is -0.128. The third-order valence-electron chi connectivity index (χ3n) is 2.78. The lowest BCUT2D eigenvalue weighted by atomic mass is 10.1. The molecule has 1 amide bonds. The Labute approximate surface area is 107 Å². The second-order valence-electron chi connectivity index (χ2n) is 4.67. The molecule has 0 aliphatic carbocycles. The molecule has 1 aliphatic rings. The van der Waals surface area contributed by atoms with Crippen LogP contribution in [0.4, 0.5) is 5.69 Å². The summed E-state index contributed by atoms with van der Waals surface area (Å²) in [6, 6.07) is 7.40. The first-order valence-corrected chi connectivity index (χ1v) is 6.15. The van der Waals surface area contributed by atoms with Gasteiger partial charge in [-0.15, -0.1) is 0 Å². The molecule has 0 unspecified atom stereocenters. The SMILES string of the molecule is CC(C)Oc1ccc(N2CCC(=O)CC2=O)cc1. The number of ketones is 1. The van der Waals surface area contributed by atoms with E-state index in [2.05, 4.69) is 0 Å². The quantitative estimate of drug-likeness (QED) is 0.769. The molecule has 1 aromatic rings. The molecule has 0 bridgehead atoms. The van der Waals surface area contributed by atoms with Crippen molar-refractivity contribution in [2.75, 3.05) is 11.4 Å². The van der Waals surface area contributed by atoms with Crippen LogP contribution >= 0.6 is 0 Å². The van der Waals surface area contributed by atoms with Crippen molar-refractivity contribution in [2.45, 2.75) is 32.8 Å². The van der Waals surface area contributed by atoms with Crippen LogP contribution in [0.25, 0.3) is 0 Å². The summed E-state index contributed by atoms with van der Waals surface area (Å²) >= 11 is 0. The molecule has 96 valence electrons. The topological polar surface area (TPSA) is 46.6 Å². The number of anilines is 1. The fourth-order valence-electron chi connectivity index (χ4n) is 1.96. The van der Waals surface area contributed by atoms with Crippen molar-refractivity contribution >= 4 is 17.4 Å². The zero-order chi connectivity index (χ0) is 13.1. The Hall–Kier alpha value is -1.84. The number of benzene rings is 1. The fourth-order valence-corrected chi connectivity index (χ4v) is 1.96. The van der Waals surface area contributed by atoms with E-state index in [1.54, 1.807) is 4.90 Å². The Kier molecular flexibility index (Phi) is 3.65. The highest BCUT2D eigenvalue weighted by Crippen LogP contribution is 2.23. The number of piperidine rings is 1. The predicted octanol–water partition coefficient (Wildman–Crippen LogP) is 2.17. The van der Waals surface area contributed by atoms with Crippen molar-refractivity contribution in [3.8, 4) is 5.75 Å². The molecular formula is C14H17NO3. The van der Waals surface area contributed by atoms with Gasteiger partial charge < -0.3 is 9.64 Å². The molecule has 0 radical (unpaired) electrons. The van der Waals surface area contributed by atoms with Crippen LogP contribution in [-0.2, 0) is 9.59 Å². The number of nitrogens with zero attached hydrogens (tertiary/aromatic N) is 1. The van der Waals surface area contributed by atoms with Gasteiger partial charge in [-0.1, -0.05) is 0 Å². The highest BCUT2D eigenvalue weighted by molar-refractivity contribution is 6.08. The second-order valence-corrected chi connectivity index (χ2v) is 4.67. The van der Waals surface area contributed by atoms with Crippen molar-refractivity contribution in [1.82, 2.24) is 0 Å². The van der Waals surface area contributed by atoms with Gasteiger partial charge in [0.2, 0.25) is 5.91 Å². The molecule has 0 atom stereocenters. The Bertz CT molecular complexity index is 451. The minimum absolute atomic E-state index is 0.0181. The van der Waals surface area contributed by atoms with Crippen LogP contribution in [0.15, 0.2) is 24.3 Å². The molecule has 0 aromatic heterocycles. The molecule has 2 rings (SSSR count). The van der Waals surface area contributed by atoms with Gasteiger partial charge in [-0.3, -0.25) is 9.59 Å². The average molecular weight is 247 g/mol. The summed E-state index contributed by atoms with van der Waals surface area (Å²) in [5.41, 5.74) is 0.823. The number of Topliss-reactive ketones (excluding diaryl/α,β-unsaturated/α-hetero) is 1. The largest absolute Gasteiger partial charge is 0.491 e. The Morgan fingerprint density at radius 2 is 1.83 bits per heavy atom. The Balaban J connectivity index is 2.09. The van der Waals surface area contributed by atoms with E-state index >= 15 is 0 Å². The average Bonchev–Trinajstić information content (AvgIpc) is 2.30. The van der Waals surface area contributed by atoms with Crippen molar-refractivity contribution in [1.29, 1.82) is 0 Å². The maximum absolute atomic E-state index is 11.7. The fraction of sp³-hybridized carbons (Fsp3) is 0.429. The van der Waals surface area contributed by atoms with Crippen molar-refractivity contribution in [3.05, 3.63) is 24.3 Å². The molecular weight excluding hydrogens is 230 g/mol. The number of ether oxygens (including phenoxy) is 1. The van der Waals surface area contributed by atoms with Gasteiger partial charge in [-0.2, -0.15) is 0 Å². The van der Waals surface area contributed by atoms with Crippen LogP contribution < -0.4 is 9.64 Å². The first-order chi connectivity index (χ1) is 8.56. The first-order valence-electron chi connectivity index (χ1n) is 6.15. The maximum atomic E-state index is 11.7. The second kappa shape index (κ2) is 5.21. The van der Waals surface area contributed by atoms with Crippen molar-refractivity contribution < 1.29 is 14.3 Å². The van der Waals surface area contributed by atoms with Gasteiger partial charge in [0.1, 0.15) is 11.5 Å². The van der Waals surface area contributed by atoms with E-state index < -0.39 is 0 Å². The molecule has 4 nitrogen and oxygen atoms in total. The third kappa shape index (κ3) is 2.88. The molecule has 1 aliphatic heterocycles.